The van der Waals surface area contributed by atoms with Gasteiger partial charge in [0.2, 0.25) is 11.5 Å². The van der Waals surface area contributed by atoms with E-state index in [0.717, 1.165) is 11.1 Å². The van der Waals surface area contributed by atoms with Gasteiger partial charge in [-0.25, -0.2) is 4.79 Å². The van der Waals surface area contributed by atoms with Crippen molar-refractivity contribution >= 4 is 22.7 Å². The van der Waals surface area contributed by atoms with Gasteiger partial charge >= 0.3 is 5.97 Å². The van der Waals surface area contributed by atoms with Crippen molar-refractivity contribution in [3.05, 3.63) is 58.9 Å². The fraction of sp³-hybridized carbons (Fsp3) is 0.250. The zero-order valence-corrected chi connectivity index (χ0v) is 18.1. The van der Waals surface area contributed by atoms with Gasteiger partial charge in [0.25, 0.3) is 0 Å². The lowest BCUT2D eigenvalue weighted by molar-refractivity contribution is 0.0660. The van der Waals surface area contributed by atoms with Crippen LogP contribution in [0.5, 0.6) is 23.0 Å². The van der Waals surface area contributed by atoms with Gasteiger partial charge in [-0.1, -0.05) is 6.58 Å². The van der Waals surface area contributed by atoms with E-state index >= 15 is 0 Å². The van der Waals surface area contributed by atoms with Crippen LogP contribution in [0.3, 0.4) is 0 Å². The Balaban J connectivity index is 1.91. The second-order valence-corrected chi connectivity index (χ2v) is 7.42. The minimum Gasteiger partial charge on any atom is -0.496 e. The monoisotopic (exact) mass is 438 g/mol. The number of hydrogen-bond acceptors (Lipinski definition) is 7. The summed E-state index contributed by atoms with van der Waals surface area (Å²) in [5, 5.41) is 10.0. The van der Waals surface area contributed by atoms with Crippen molar-refractivity contribution in [1.29, 1.82) is 0 Å². The second-order valence-electron chi connectivity index (χ2n) is 7.42. The van der Waals surface area contributed by atoms with Crippen LogP contribution in [0.2, 0.25) is 0 Å². The first kappa shape index (κ1) is 21.3. The third-order valence-electron chi connectivity index (χ3n) is 5.49. The first-order valence-electron chi connectivity index (χ1n) is 9.79. The minimum absolute atomic E-state index is 0.0953. The quantitative estimate of drug-likeness (QED) is 0.431. The van der Waals surface area contributed by atoms with Gasteiger partial charge in [-0.3, -0.25) is 4.79 Å². The number of ether oxygens (including phenoxy) is 4. The molecule has 1 N–H and O–H groups in total. The molecule has 0 bridgehead atoms. The average Bonchev–Trinajstić information content (AvgIpc) is 3.38. The Morgan fingerprint density at radius 2 is 1.78 bits per heavy atom. The fourth-order valence-electron chi connectivity index (χ4n) is 3.91. The lowest BCUT2D eigenvalue weighted by atomic mass is 9.95. The number of carbonyl (C=O) groups excluding carboxylic acids is 1. The highest BCUT2D eigenvalue weighted by Gasteiger charge is 2.33. The maximum Gasteiger partial charge on any atom is 0.372 e. The van der Waals surface area contributed by atoms with Crippen molar-refractivity contribution in [1.82, 2.24) is 0 Å². The number of aromatic carboxylic acids is 1. The molecule has 166 valence electrons. The van der Waals surface area contributed by atoms with E-state index in [1.807, 2.05) is 6.92 Å². The van der Waals surface area contributed by atoms with Crippen molar-refractivity contribution in [2.24, 2.45) is 0 Å². The summed E-state index contributed by atoms with van der Waals surface area (Å²) in [6.45, 7) is 5.81. The van der Waals surface area contributed by atoms with E-state index in [1.54, 1.807) is 12.1 Å². The average molecular weight is 438 g/mol. The zero-order chi connectivity index (χ0) is 23.2. The van der Waals surface area contributed by atoms with Gasteiger partial charge in [-0.2, -0.15) is 0 Å². The Labute approximate surface area is 183 Å². The van der Waals surface area contributed by atoms with Gasteiger partial charge < -0.3 is 28.5 Å². The van der Waals surface area contributed by atoms with Crippen LogP contribution in [0.25, 0.3) is 11.0 Å². The Bertz CT molecular complexity index is 1270. The molecule has 0 aliphatic carbocycles. The number of rotatable bonds is 7. The van der Waals surface area contributed by atoms with Crippen LogP contribution >= 0.6 is 0 Å². The molecular weight excluding hydrogens is 416 g/mol. The van der Waals surface area contributed by atoms with Crippen LogP contribution in [0.1, 0.15) is 39.0 Å². The summed E-state index contributed by atoms with van der Waals surface area (Å²) >= 11 is 0. The summed E-state index contributed by atoms with van der Waals surface area (Å²) in [5.74, 6) is -0.761. The number of methoxy groups -OCH3 is 3. The number of carbonyl (C=O) groups is 2. The van der Waals surface area contributed by atoms with Gasteiger partial charge in [0.15, 0.2) is 11.5 Å². The van der Waals surface area contributed by atoms with E-state index in [-0.39, 0.29) is 22.8 Å². The summed E-state index contributed by atoms with van der Waals surface area (Å²) in [6.07, 6.45) is 0.281. The maximum absolute atomic E-state index is 13.7. The molecular formula is C24H22O8. The Hall–Kier alpha value is -3.94. The molecule has 0 radical (unpaired) electrons. The lowest BCUT2D eigenvalue weighted by Gasteiger charge is -2.12. The van der Waals surface area contributed by atoms with E-state index in [1.165, 1.54) is 33.5 Å². The molecule has 32 heavy (non-hydrogen) atoms. The molecule has 2 heterocycles. The number of carboxylic acids is 1. The van der Waals surface area contributed by atoms with E-state index in [9.17, 15) is 14.7 Å². The van der Waals surface area contributed by atoms with Crippen LogP contribution < -0.4 is 18.9 Å². The molecule has 8 nitrogen and oxygen atoms in total. The molecule has 1 aromatic heterocycles. The SMILES string of the molecule is C=C(C)[C@H]1Cc2c(ccc(C(=O)c3c(C(=O)O)oc4cc(OC)c(OC)cc34)c2OC)O1. The Kier molecular flexibility index (Phi) is 5.30. The smallest absolute Gasteiger partial charge is 0.372 e. The number of benzene rings is 2. The molecule has 0 saturated carbocycles. The summed E-state index contributed by atoms with van der Waals surface area (Å²) in [5.41, 5.74) is 1.88. The molecule has 3 aromatic rings. The number of furan rings is 1. The predicted molar refractivity (Wildman–Crippen MR) is 116 cm³/mol. The van der Waals surface area contributed by atoms with E-state index in [0.29, 0.717) is 34.8 Å². The highest BCUT2D eigenvalue weighted by Crippen LogP contribution is 2.42. The van der Waals surface area contributed by atoms with Crippen LogP contribution in [0, 0.1) is 0 Å². The molecule has 0 unspecified atom stereocenters. The van der Waals surface area contributed by atoms with E-state index in [2.05, 4.69) is 6.58 Å². The molecule has 1 aliphatic heterocycles. The highest BCUT2D eigenvalue weighted by atomic mass is 16.5. The van der Waals surface area contributed by atoms with Gasteiger partial charge in [-0.15, -0.1) is 0 Å². The summed E-state index contributed by atoms with van der Waals surface area (Å²) < 4.78 is 27.6. The van der Waals surface area contributed by atoms with Crippen LogP contribution in [0.4, 0.5) is 0 Å². The third kappa shape index (κ3) is 3.24. The third-order valence-corrected chi connectivity index (χ3v) is 5.49. The molecule has 0 spiro atoms. The first-order valence-corrected chi connectivity index (χ1v) is 9.79. The van der Waals surface area contributed by atoms with Gasteiger partial charge in [-0.05, 0) is 30.7 Å². The van der Waals surface area contributed by atoms with Crippen molar-refractivity contribution in [2.45, 2.75) is 19.4 Å². The van der Waals surface area contributed by atoms with Gasteiger partial charge in [0.05, 0.1) is 32.5 Å². The van der Waals surface area contributed by atoms with Crippen LogP contribution in [-0.4, -0.2) is 44.3 Å². The second kappa shape index (κ2) is 7.96. The number of hydrogen-bond donors (Lipinski definition) is 1. The highest BCUT2D eigenvalue weighted by molar-refractivity contribution is 6.21. The maximum atomic E-state index is 13.7. The molecule has 1 atom stereocenters. The number of fused-ring (bicyclic) bond motifs is 2. The Morgan fingerprint density at radius 3 is 2.38 bits per heavy atom. The molecule has 8 heteroatoms. The number of carboxylic acid groups (broad SMARTS) is 1. The molecule has 0 saturated heterocycles. The molecule has 1 aliphatic rings. The topological polar surface area (TPSA) is 104 Å². The van der Waals surface area contributed by atoms with Gasteiger partial charge in [0.1, 0.15) is 23.2 Å². The van der Waals surface area contributed by atoms with E-state index in [4.69, 9.17) is 23.4 Å². The van der Waals surface area contributed by atoms with Crippen LogP contribution in [-0.2, 0) is 6.42 Å². The van der Waals surface area contributed by atoms with E-state index < -0.39 is 17.5 Å². The van der Waals surface area contributed by atoms with Gasteiger partial charge in [0, 0.05) is 23.4 Å². The summed E-state index contributed by atoms with van der Waals surface area (Å²) in [6, 6.07) is 6.26. The van der Waals surface area contributed by atoms with Crippen molar-refractivity contribution < 1.29 is 38.1 Å². The zero-order valence-electron chi connectivity index (χ0n) is 18.1. The molecule has 2 aromatic carbocycles. The van der Waals surface area contributed by atoms with Crippen LogP contribution in [0.15, 0.2) is 40.8 Å². The lowest BCUT2D eigenvalue weighted by Crippen LogP contribution is -2.13. The molecule has 0 amide bonds. The fourth-order valence-corrected chi connectivity index (χ4v) is 3.91. The van der Waals surface area contributed by atoms with Crippen molar-refractivity contribution in [3.8, 4) is 23.0 Å². The minimum atomic E-state index is -1.37. The van der Waals surface area contributed by atoms with Crippen molar-refractivity contribution in [2.75, 3.05) is 21.3 Å². The first-order chi connectivity index (χ1) is 15.3. The molecule has 4 rings (SSSR count). The normalized spacial score (nSPS) is 14.6. The largest absolute Gasteiger partial charge is 0.496 e. The number of ketones is 1. The predicted octanol–water partition coefficient (Wildman–Crippen LogP) is 4.27. The Morgan fingerprint density at radius 1 is 1.09 bits per heavy atom. The van der Waals surface area contributed by atoms with Crippen molar-refractivity contribution in [3.63, 3.8) is 0 Å². The standard InChI is InChI=1S/C24H22O8/c1-11(2)16-9-14-15(31-16)7-6-12(22(14)30-5)21(25)20-13-8-18(28-3)19(29-4)10-17(13)32-23(20)24(26)27/h6-8,10,16H,1,9H2,2-5H3,(H,26,27)/t16-/m1/s1. The molecule has 0 fully saturated rings. The summed E-state index contributed by atoms with van der Waals surface area (Å²) in [7, 11) is 4.36. The summed E-state index contributed by atoms with van der Waals surface area (Å²) in [4.78, 5) is 25.6.